The summed E-state index contributed by atoms with van der Waals surface area (Å²) in [7, 11) is 1.59. The molecule has 1 aliphatic heterocycles. The molecular formula is C18H20N2O3. The average molecular weight is 312 g/mol. The lowest BCUT2D eigenvalue weighted by Crippen LogP contribution is -2.12. The second-order valence-corrected chi connectivity index (χ2v) is 5.30. The van der Waals surface area contributed by atoms with Crippen molar-refractivity contribution >= 4 is 17.3 Å². The van der Waals surface area contributed by atoms with Crippen molar-refractivity contribution in [2.24, 2.45) is 0 Å². The fourth-order valence-electron chi connectivity index (χ4n) is 2.67. The zero-order valence-electron chi connectivity index (χ0n) is 13.3. The lowest BCUT2D eigenvalue weighted by atomic mass is 10.1. The molecule has 0 unspecified atom stereocenters. The van der Waals surface area contributed by atoms with Gasteiger partial charge >= 0.3 is 0 Å². The van der Waals surface area contributed by atoms with E-state index in [0.29, 0.717) is 29.4 Å². The zero-order chi connectivity index (χ0) is 16.2. The number of rotatable bonds is 5. The summed E-state index contributed by atoms with van der Waals surface area (Å²) in [5, 5.41) is 6.19. The maximum absolute atomic E-state index is 12.4. The Hall–Kier alpha value is -2.69. The zero-order valence-corrected chi connectivity index (χ0v) is 13.3. The maximum atomic E-state index is 12.4. The second kappa shape index (κ2) is 6.60. The van der Waals surface area contributed by atoms with Crippen LogP contribution in [0.5, 0.6) is 11.5 Å². The van der Waals surface area contributed by atoms with Crippen LogP contribution in [0.2, 0.25) is 0 Å². The van der Waals surface area contributed by atoms with Gasteiger partial charge in [-0.3, -0.25) is 4.79 Å². The molecule has 0 aromatic heterocycles. The fraction of sp³-hybridized carbons (Fsp3) is 0.278. The summed E-state index contributed by atoms with van der Waals surface area (Å²) in [4.78, 5) is 12.4. The quantitative estimate of drug-likeness (QED) is 0.889. The molecule has 0 aliphatic carbocycles. The number of carbonyl (C=O) groups is 1. The topological polar surface area (TPSA) is 59.6 Å². The first kappa shape index (κ1) is 15.2. The Morgan fingerprint density at radius 3 is 2.87 bits per heavy atom. The molecule has 0 radical (unpaired) electrons. The van der Waals surface area contributed by atoms with Crippen LogP contribution >= 0.6 is 0 Å². The highest BCUT2D eigenvalue weighted by atomic mass is 16.5. The highest BCUT2D eigenvalue weighted by Crippen LogP contribution is 2.30. The van der Waals surface area contributed by atoms with Crippen molar-refractivity contribution in [3.8, 4) is 11.5 Å². The van der Waals surface area contributed by atoms with E-state index in [1.54, 1.807) is 25.3 Å². The lowest BCUT2D eigenvalue weighted by molar-refractivity contribution is 0.102. The molecule has 0 spiro atoms. The normalized spacial score (nSPS) is 12.3. The number of methoxy groups -OCH3 is 1. The van der Waals surface area contributed by atoms with Crippen molar-refractivity contribution in [2.75, 3.05) is 30.9 Å². The van der Waals surface area contributed by atoms with Crippen LogP contribution in [0.3, 0.4) is 0 Å². The minimum atomic E-state index is -0.132. The van der Waals surface area contributed by atoms with Gasteiger partial charge in [-0.05, 0) is 49.2 Å². The third-order valence-electron chi connectivity index (χ3n) is 3.80. The molecule has 1 aliphatic rings. The van der Waals surface area contributed by atoms with Crippen molar-refractivity contribution in [3.63, 3.8) is 0 Å². The number of hydrogen-bond donors (Lipinski definition) is 2. The minimum Gasteiger partial charge on any atom is -0.493 e. The van der Waals surface area contributed by atoms with Gasteiger partial charge in [0.1, 0.15) is 0 Å². The van der Waals surface area contributed by atoms with Gasteiger partial charge in [-0.25, -0.2) is 0 Å². The van der Waals surface area contributed by atoms with Crippen LogP contribution in [0.1, 0.15) is 22.8 Å². The molecule has 0 saturated carbocycles. The Bertz CT molecular complexity index is 728. The predicted molar refractivity (Wildman–Crippen MR) is 90.8 cm³/mol. The summed E-state index contributed by atoms with van der Waals surface area (Å²) in [6, 6.07) is 11.1. The van der Waals surface area contributed by atoms with Crippen LogP contribution in [0, 0.1) is 0 Å². The van der Waals surface area contributed by atoms with E-state index in [1.807, 2.05) is 25.1 Å². The predicted octanol–water partition coefficient (Wildman–Crippen LogP) is 3.31. The van der Waals surface area contributed by atoms with E-state index < -0.39 is 0 Å². The van der Waals surface area contributed by atoms with Gasteiger partial charge in [0, 0.05) is 29.5 Å². The average Bonchev–Trinajstić information content (AvgIpc) is 3.03. The van der Waals surface area contributed by atoms with Crippen LogP contribution in [-0.4, -0.2) is 26.2 Å². The van der Waals surface area contributed by atoms with Gasteiger partial charge in [0.05, 0.1) is 13.7 Å². The van der Waals surface area contributed by atoms with Crippen molar-refractivity contribution < 1.29 is 14.3 Å². The Balaban J connectivity index is 1.78. The largest absolute Gasteiger partial charge is 0.493 e. The van der Waals surface area contributed by atoms with Gasteiger partial charge in [0.15, 0.2) is 11.5 Å². The monoisotopic (exact) mass is 312 g/mol. The number of fused-ring (bicyclic) bond motifs is 1. The van der Waals surface area contributed by atoms with Crippen molar-refractivity contribution in [3.05, 3.63) is 47.5 Å². The van der Waals surface area contributed by atoms with E-state index in [9.17, 15) is 4.79 Å². The molecule has 0 fully saturated rings. The number of ether oxygens (including phenoxy) is 2. The summed E-state index contributed by atoms with van der Waals surface area (Å²) in [6.45, 7) is 3.37. The maximum Gasteiger partial charge on any atom is 0.255 e. The Labute approximate surface area is 135 Å². The SMILES string of the molecule is CCOc1cc(NC(=O)c2ccc3c(c2)CCN3)ccc1OC. The third-order valence-corrected chi connectivity index (χ3v) is 3.80. The minimum absolute atomic E-state index is 0.132. The Morgan fingerprint density at radius 1 is 1.22 bits per heavy atom. The molecule has 23 heavy (non-hydrogen) atoms. The number of nitrogens with one attached hydrogen (secondary N) is 2. The van der Waals surface area contributed by atoms with Crippen LogP contribution in [0.25, 0.3) is 0 Å². The van der Waals surface area contributed by atoms with Crippen molar-refractivity contribution in [1.29, 1.82) is 0 Å². The first-order chi connectivity index (χ1) is 11.2. The molecule has 2 aromatic carbocycles. The second-order valence-electron chi connectivity index (χ2n) is 5.30. The summed E-state index contributed by atoms with van der Waals surface area (Å²) >= 11 is 0. The van der Waals surface area contributed by atoms with Gasteiger partial charge in [-0.1, -0.05) is 0 Å². The Kier molecular flexibility index (Phi) is 4.37. The standard InChI is InChI=1S/C18H20N2O3/c1-3-23-17-11-14(5-7-16(17)22-2)20-18(21)13-4-6-15-12(10-13)8-9-19-15/h4-7,10-11,19H,3,8-9H2,1-2H3,(H,20,21). The number of amides is 1. The fourth-order valence-corrected chi connectivity index (χ4v) is 2.67. The van der Waals surface area contributed by atoms with Crippen LogP contribution in [0.15, 0.2) is 36.4 Å². The van der Waals surface area contributed by atoms with E-state index in [0.717, 1.165) is 18.7 Å². The van der Waals surface area contributed by atoms with Crippen LogP contribution in [0.4, 0.5) is 11.4 Å². The molecule has 0 saturated heterocycles. The molecule has 1 heterocycles. The van der Waals surface area contributed by atoms with E-state index in [-0.39, 0.29) is 5.91 Å². The molecular weight excluding hydrogens is 292 g/mol. The summed E-state index contributed by atoms with van der Waals surface area (Å²) in [5.74, 6) is 1.13. The highest BCUT2D eigenvalue weighted by molar-refractivity contribution is 6.04. The first-order valence-corrected chi connectivity index (χ1v) is 7.70. The first-order valence-electron chi connectivity index (χ1n) is 7.70. The van der Waals surface area contributed by atoms with Crippen LogP contribution < -0.4 is 20.1 Å². The van der Waals surface area contributed by atoms with Gasteiger partial charge in [0.2, 0.25) is 0 Å². The number of anilines is 2. The Morgan fingerprint density at radius 2 is 2.09 bits per heavy atom. The lowest BCUT2D eigenvalue weighted by Gasteiger charge is -2.12. The molecule has 5 heteroatoms. The van der Waals surface area contributed by atoms with Crippen LogP contribution in [-0.2, 0) is 6.42 Å². The summed E-state index contributed by atoms with van der Waals surface area (Å²) < 4.78 is 10.8. The molecule has 3 rings (SSSR count). The van der Waals surface area contributed by atoms with Gasteiger partial charge in [-0.2, -0.15) is 0 Å². The van der Waals surface area contributed by atoms with E-state index in [1.165, 1.54) is 5.56 Å². The van der Waals surface area contributed by atoms with E-state index >= 15 is 0 Å². The molecule has 120 valence electrons. The van der Waals surface area contributed by atoms with Crippen molar-refractivity contribution in [2.45, 2.75) is 13.3 Å². The molecule has 0 atom stereocenters. The van der Waals surface area contributed by atoms with E-state index in [4.69, 9.17) is 9.47 Å². The van der Waals surface area contributed by atoms with Gasteiger partial charge in [-0.15, -0.1) is 0 Å². The number of benzene rings is 2. The highest BCUT2D eigenvalue weighted by Gasteiger charge is 2.14. The summed E-state index contributed by atoms with van der Waals surface area (Å²) in [6.07, 6.45) is 0.952. The number of carbonyl (C=O) groups excluding carboxylic acids is 1. The molecule has 2 N–H and O–H groups in total. The van der Waals surface area contributed by atoms with E-state index in [2.05, 4.69) is 10.6 Å². The van der Waals surface area contributed by atoms with Crippen molar-refractivity contribution in [1.82, 2.24) is 0 Å². The molecule has 1 amide bonds. The van der Waals surface area contributed by atoms with Gasteiger partial charge < -0.3 is 20.1 Å². The van der Waals surface area contributed by atoms with Gasteiger partial charge in [0.25, 0.3) is 5.91 Å². The summed E-state index contributed by atoms with van der Waals surface area (Å²) in [5.41, 5.74) is 3.63. The molecule has 0 bridgehead atoms. The molecule has 5 nitrogen and oxygen atoms in total. The third kappa shape index (κ3) is 3.23. The number of hydrogen-bond acceptors (Lipinski definition) is 4. The molecule has 2 aromatic rings. The smallest absolute Gasteiger partial charge is 0.255 e.